The summed E-state index contributed by atoms with van der Waals surface area (Å²) in [6, 6.07) is 6.48. The van der Waals surface area contributed by atoms with Gasteiger partial charge in [-0.3, -0.25) is 4.68 Å². The third-order valence-corrected chi connectivity index (χ3v) is 4.49. The van der Waals surface area contributed by atoms with Crippen LogP contribution in [0.25, 0.3) is 0 Å². The summed E-state index contributed by atoms with van der Waals surface area (Å²) < 4.78 is 46.1. The van der Waals surface area contributed by atoms with E-state index in [0.29, 0.717) is 35.5 Å². The Labute approximate surface area is 154 Å². The zero-order valence-electron chi connectivity index (χ0n) is 14.9. The molecule has 0 saturated heterocycles. The normalized spacial score (nSPS) is 13.8. The minimum absolute atomic E-state index is 0.159. The number of carbonyl (C=O) groups is 1. The number of nitrogens with zero attached hydrogens (tertiary/aromatic N) is 2. The second-order valence-corrected chi connectivity index (χ2v) is 6.28. The third kappa shape index (κ3) is 4.35. The highest BCUT2D eigenvalue weighted by atomic mass is 19.4. The van der Waals surface area contributed by atoms with E-state index in [1.807, 2.05) is 0 Å². The molecule has 0 aliphatic heterocycles. The van der Waals surface area contributed by atoms with E-state index < -0.39 is 17.9 Å². The van der Waals surface area contributed by atoms with Crippen molar-refractivity contribution in [3.05, 3.63) is 41.2 Å². The number of fused-ring (bicyclic) bond motifs is 1. The molecule has 1 aliphatic rings. The number of benzene rings is 1. The summed E-state index contributed by atoms with van der Waals surface area (Å²) in [6.45, 7) is 0.337. The maximum Gasteiger partial charge on any atom is 0.435 e. The molecule has 1 aliphatic carbocycles. The topological polar surface area (TPSA) is 68.2 Å². The van der Waals surface area contributed by atoms with Gasteiger partial charge in [0.2, 0.25) is 0 Å². The van der Waals surface area contributed by atoms with Crippen LogP contribution in [0.2, 0.25) is 0 Å². The summed E-state index contributed by atoms with van der Waals surface area (Å²) in [5.74, 6) is 0.517. The lowest BCUT2D eigenvalue weighted by atomic mass is 9.95. The van der Waals surface area contributed by atoms with Crippen LogP contribution in [0.15, 0.2) is 24.3 Å². The fraction of sp³-hybridized carbons (Fsp3) is 0.444. The lowest BCUT2D eigenvalue weighted by molar-refractivity contribution is -0.142. The number of alkyl halides is 3. The Morgan fingerprint density at radius 2 is 2.00 bits per heavy atom. The van der Waals surface area contributed by atoms with Crippen LogP contribution in [0, 0.1) is 0 Å². The number of rotatable bonds is 5. The summed E-state index contributed by atoms with van der Waals surface area (Å²) in [4.78, 5) is 12.0. The molecular formula is C18H21F3N4O2. The van der Waals surface area contributed by atoms with Crippen LogP contribution in [-0.2, 0) is 25.6 Å². The molecule has 1 aromatic carbocycles. The van der Waals surface area contributed by atoms with Gasteiger partial charge in [0, 0.05) is 17.8 Å². The van der Waals surface area contributed by atoms with E-state index in [2.05, 4.69) is 15.7 Å². The molecular weight excluding hydrogens is 361 g/mol. The number of carbonyl (C=O) groups excluding carboxylic acids is 1. The molecule has 0 saturated carbocycles. The highest BCUT2D eigenvalue weighted by molar-refractivity contribution is 5.90. The SMILES string of the molecule is COc1ccccc1NC(=O)NCCn1nc(C(F)(F)F)c2c1CCCC2. The number of nitrogens with one attached hydrogen (secondary N) is 2. The number of halogens is 3. The molecule has 2 N–H and O–H groups in total. The molecule has 6 nitrogen and oxygen atoms in total. The number of anilines is 1. The Morgan fingerprint density at radius 1 is 1.26 bits per heavy atom. The van der Waals surface area contributed by atoms with Crippen molar-refractivity contribution in [1.82, 2.24) is 15.1 Å². The third-order valence-electron chi connectivity index (χ3n) is 4.49. The van der Waals surface area contributed by atoms with Gasteiger partial charge in [0.1, 0.15) is 5.75 Å². The lowest BCUT2D eigenvalue weighted by Gasteiger charge is -2.15. The Balaban J connectivity index is 1.62. The summed E-state index contributed by atoms with van der Waals surface area (Å²) in [5.41, 5.74) is 0.636. The van der Waals surface area contributed by atoms with Gasteiger partial charge < -0.3 is 15.4 Å². The zero-order chi connectivity index (χ0) is 19.4. The summed E-state index contributed by atoms with van der Waals surface area (Å²) in [7, 11) is 1.50. The average molecular weight is 382 g/mol. The molecule has 0 bridgehead atoms. The van der Waals surface area contributed by atoms with Gasteiger partial charge in [0.05, 0.1) is 19.3 Å². The molecule has 1 aromatic heterocycles. The number of hydrogen-bond donors (Lipinski definition) is 2. The minimum atomic E-state index is -4.46. The maximum atomic E-state index is 13.2. The standard InChI is InChI=1S/C18H21F3N4O2/c1-27-15-9-5-3-7-13(15)23-17(26)22-10-11-25-14-8-4-2-6-12(14)16(24-25)18(19,20)21/h3,5,7,9H,2,4,6,8,10-11H2,1H3,(H2,22,23,26). The maximum absolute atomic E-state index is 13.2. The van der Waals surface area contributed by atoms with Crippen molar-refractivity contribution in [1.29, 1.82) is 0 Å². The Morgan fingerprint density at radius 3 is 2.74 bits per heavy atom. The van der Waals surface area contributed by atoms with Crippen LogP contribution in [0.4, 0.5) is 23.7 Å². The first-order chi connectivity index (χ1) is 12.9. The van der Waals surface area contributed by atoms with E-state index in [1.165, 1.54) is 11.8 Å². The number of aromatic nitrogens is 2. The van der Waals surface area contributed by atoms with E-state index in [1.54, 1.807) is 24.3 Å². The fourth-order valence-electron chi connectivity index (χ4n) is 3.27. The van der Waals surface area contributed by atoms with Crippen LogP contribution in [0.3, 0.4) is 0 Å². The van der Waals surface area contributed by atoms with E-state index in [0.717, 1.165) is 12.8 Å². The molecule has 2 aromatic rings. The number of ether oxygens (including phenoxy) is 1. The van der Waals surface area contributed by atoms with Crippen molar-refractivity contribution in [2.45, 2.75) is 38.4 Å². The van der Waals surface area contributed by atoms with Crippen molar-refractivity contribution in [3.63, 3.8) is 0 Å². The quantitative estimate of drug-likeness (QED) is 0.830. The molecule has 0 spiro atoms. The molecule has 2 amide bonds. The van der Waals surface area contributed by atoms with Gasteiger partial charge in [-0.05, 0) is 37.8 Å². The van der Waals surface area contributed by atoms with Crippen molar-refractivity contribution in [2.75, 3.05) is 19.0 Å². The number of methoxy groups -OCH3 is 1. The van der Waals surface area contributed by atoms with Gasteiger partial charge in [0.15, 0.2) is 5.69 Å². The highest BCUT2D eigenvalue weighted by Gasteiger charge is 2.39. The van der Waals surface area contributed by atoms with Crippen LogP contribution in [0.1, 0.15) is 29.8 Å². The first kappa shape index (κ1) is 19.1. The Hall–Kier alpha value is -2.71. The van der Waals surface area contributed by atoms with Gasteiger partial charge in [-0.25, -0.2) is 4.79 Å². The summed E-state index contributed by atoms with van der Waals surface area (Å²) in [5, 5.41) is 9.06. The predicted octanol–water partition coefficient (Wildman–Crippen LogP) is 3.61. The first-order valence-corrected chi connectivity index (χ1v) is 8.73. The second-order valence-electron chi connectivity index (χ2n) is 6.28. The van der Waals surface area contributed by atoms with Gasteiger partial charge >= 0.3 is 12.2 Å². The molecule has 1 heterocycles. The second kappa shape index (κ2) is 7.89. The van der Waals surface area contributed by atoms with E-state index >= 15 is 0 Å². The molecule has 3 rings (SSSR count). The Bertz CT molecular complexity index is 817. The molecule has 0 radical (unpaired) electrons. The number of para-hydroxylation sites is 2. The average Bonchev–Trinajstić information content (AvgIpc) is 3.01. The van der Waals surface area contributed by atoms with Gasteiger partial charge in [-0.15, -0.1) is 0 Å². The van der Waals surface area contributed by atoms with Crippen LogP contribution in [0.5, 0.6) is 5.75 Å². The molecule has 146 valence electrons. The van der Waals surface area contributed by atoms with Crippen LogP contribution >= 0.6 is 0 Å². The molecule has 0 unspecified atom stereocenters. The summed E-state index contributed by atoms with van der Waals surface area (Å²) >= 11 is 0. The largest absolute Gasteiger partial charge is 0.495 e. The molecule has 0 atom stereocenters. The minimum Gasteiger partial charge on any atom is -0.495 e. The van der Waals surface area contributed by atoms with Crippen LogP contribution in [-0.4, -0.2) is 29.5 Å². The smallest absolute Gasteiger partial charge is 0.435 e. The zero-order valence-corrected chi connectivity index (χ0v) is 14.9. The van der Waals surface area contributed by atoms with E-state index in [-0.39, 0.29) is 13.1 Å². The number of urea groups is 1. The Kier molecular flexibility index (Phi) is 5.57. The molecule has 0 fully saturated rings. The predicted molar refractivity (Wildman–Crippen MR) is 93.9 cm³/mol. The monoisotopic (exact) mass is 382 g/mol. The number of amides is 2. The fourth-order valence-corrected chi connectivity index (χ4v) is 3.27. The van der Waals surface area contributed by atoms with Gasteiger partial charge in [-0.1, -0.05) is 12.1 Å². The summed E-state index contributed by atoms with van der Waals surface area (Å²) in [6.07, 6.45) is -1.90. The molecule has 27 heavy (non-hydrogen) atoms. The van der Waals surface area contributed by atoms with Crippen LogP contribution < -0.4 is 15.4 Å². The lowest BCUT2D eigenvalue weighted by Crippen LogP contribution is -2.32. The van der Waals surface area contributed by atoms with Crippen molar-refractivity contribution in [3.8, 4) is 5.75 Å². The van der Waals surface area contributed by atoms with E-state index in [9.17, 15) is 18.0 Å². The highest BCUT2D eigenvalue weighted by Crippen LogP contribution is 2.35. The first-order valence-electron chi connectivity index (χ1n) is 8.73. The van der Waals surface area contributed by atoms with E-state index in [4.69, 9.17) is 4.74 Å². The van der Waals surface area contributed by atoms with Gasteiger partial charge in [0.25, 0.3) is 0 Å². The molecule has 9 heteroatoms. The number of hydrogen-bond acceptors (Lipinski definition) is 3. The van der Waals surface area contributed by atoms with Crippen molar-refractivity contribution < 1.29 is 22.7 Å². The van der Waals surface area contributed by atoms with Crippen molar-refractivity contribution >= 4 is 11.7 Å². The van der Waals surface area contributed by atoms with Crippen molar-refractivity contribution in [2.24, 2.45) is 0 Å². The van der Waals surface area contributed by atoms with Gasteiger partial charge in [-0.2, -0.15) is 18.3 Å².